The van der Waals surface area contributed by atoms with Gasteiger partial charge in [0, 0.05) is 25.7 Å². The number of piperidine rings is 1. The highest BCUT2D eigenvalue weighted by atomic mass is 32.2. The van der Waals surface area contributed by atoms with Gasteiger partial charge in [0.1, 0.15) is 11.3 Å². The Morgan fingerprint density at radius 2 is 1.97 bits per heavy atom. The zero-order chi connectivity index (χ0) is 22.1. The molecule has 1 fully saturated rings. The Balaban J connectivity index is 1.62. The van der Waals surface area contributed by atoms with Gasteiger partial charge in [-0.3, -0.25) is 9.69 Å². The quantitative estimate of drug-likeness (QED) is 0.704. The summed E-state index contributed by atoms with van der Waals surface area (Å²) in [6.07, 6.45) is 1.99. The lowest BCUT2D eigenvalue weighted by Gasteiger charge is -2.33. The average Bonchev–Trinajstić information content (AvgIpc) is 2.90. The number of carbonyl (C=O) groups excluding carboxylic acids is 1. The van der Waals surface area contributed by atoms with E-state index in [0.29, 0.717) is 50.6 Å². The molecule has 9 heteroatoms. The van der Waals surface area contributed by atoms with Crippen LogP contribution in [-0.4, -0.2) is 61.8 Å². The Morgan fingerprint density at radius 3 is 2.57 bits per heavy atom. The maximum absolute atomic E-state index is 13.0. The number of carbonyl (C=O) groups is 1. The minimum absolute atomic E-state index is 0.0554. The summed E-state index contributed by atoms with van der Waals surface area (Å²) in [7, 11) is -2.06. The van der Waals surface area contributed by atoms with Gasteiger partial charge in [-0.25, -0.2) is 13.4 Å². The molecular weight excluding hydrogens is 404 g/mol. The van der Waals surface area contributed by atoms with E-state index >= 15 is 0 Å². The van der Waals surface area contributed by atoms with Gasteiger partial charge in [0.15, 0.2) is 5.96 Å². The maximum atomic E-state index is 13.0. The second kappa shape index (κ2) is 8.55. The molecule has 8 nitrogen and oxygen atoms in total. The minimum Gasteiger partial charge on any atom is -0.497 e. The summed E-state index contributed by atoms with van der Waals surface area (Å²) in [5.74, 6) is 1.24. The van der Waals surface area contributed by atoms with Gasteiger partial charge >= 0.3 is 0 Å². The molecule has 2 aliphatic heterocycles. The van der Waals surface area contributed by atoms with E-state index in [2.05, 4.69) is 18.8 Å². The van der Waals surface area contributed by atoms with Crippen LogP contribution in [0.5, 0.6) is 5.75 Å². The van der Waals surface area contributed by atoms with Crippen LogP contribution in [0.25, 0.3) is 0 Å². The lowest BCUT2D eigenvalue weighted by molar-refractivity contribution is -0.131. The van der Waals surface area contributed by atoms with Crippen molar-refractivity contribution in [1.29, 1.82) is 0 Å². The lowest BCUT2D eigenvalue weighted by Crippen LogP contribution is -2.47. The summed E-state index contributed by atoms with van der Waals surface area (Å²) in [4.78, 5) is 19.2. The molecule has 1 saturated heterocycles. The summed E-state index contributed by atoms with van der Waals surface area (Å²) in [5, 5.41) is 0. The molecule has 0 radical (unpaired) electrons. The smallest absolute Gasteiger partial charge is 0.257 e. The zero-order valence-electron chi connectivity index (χ0n) is 18.2. The van der Waals surface area contributed by atoms with Crippen LogP contribution in [0.4, 0.5) is 0 Å². The standard InChI is InChI=1S/C21H32N4O4S/c1-15(2)13-21(3)19(26)25(20(22)23-21)14-16-8-10-24(11-9-16)30(27,28)18-7-5-6-17(12-18)29-4/h5-7,12,15-16H,8-11,13-14H2,1-4H3,(H2,22,23). The molecule has 1 aromatic carbocycles. The van der Waals surface area contributed by atoms with Gasteiger partial charge in [-0.05, 0) is 50.2 Å². The number of nitrogens with two attached hydrogens (primary N) is 1. The SMILES string of the molecule is COc1cccc(S(=O)(=O)N2CCC(CN3C(=O)C(C)(CC(C)C)N=C3N)CC2)c1. The molecule has 30 heavy (non-hydrogen) atoms. The molecule has 1 unspecified atom stereocenters. The van der Waals surface area contributed by atoms with Gasteiger partial charge < -0.3 is 10.5 Å². The van der Waals surface area contributed by atoms with Gasteiger partial charge in [-0.15, -0.1) is 0 Å². The van der Waals surface area contributed by atoms with E-state index in [-0.39, 0.29) is 22.7 Å². The molecule has 2 heterocycles. The first-order valence-corrected chi connectivity index (χ1v) is 11.8. The second-order valence-electron chi connectivity index (χ2n) is 8.78. The number of ether oxygens (including phenoxy) is 1. The Hall–Kier alpha value is -2.13. The number of rotatable bonds is 7. The van der Waals surface area contributed by atoms with Crippen LogP contribution in [0.1, 0.15) is 40.0 Å². The van der Waals surface area contributed by atoms with Crippen LogP contribution in [-0.2, 0) is 14.8 Å². The van der Waals surface area contributed by atoms with E-state index in [1.54, 1.807) is 23.1 Å². The average molecular weight is 437 g/mol. The summed E-state index contributed by atoms with van der Waals surface area (Å²) in [6, 6.07) is 6.52. The molecule has 0 aliphatic carbocycles. The van der Waals surface area contributed by atoms with E-state index < -0.39 is 15.6 Å². The van der Waals surface area contributed by atoms with Crippen LogP contribution in [0.2, 0.25) is 0 Å². The van der Waals surface area contributed by atoms with Gasteiger partial charge in [-0.2, -0.15) is 4.31 Å². The molecule has 2 N–H and O–H groups in total. The zero-order valence-corrected chi connectivity index (χ0v) is 19.0. The summed E-state index contributed by atoms with van der Waals surface area (Å²) >= 11 is 0. The molecule has 2 aliphatic rings. The van der Waals surface area contributed by atoms with Crippen molar-refractivity contribution in [3.8, 4) is 5.75 Å². The number of guanidine groups is 1. The lowest BCUT2D eigenvalue weighted by atomic mass is 9.90. The van der Waals surface area contributed by atoms with Crippen molar-refractivity contribution in [1.82, 2.24) is 9.21 Å². The third kappa shape index (κ3) is 4.46. The highest BCUT2D eigenvalue weighted by Crippen LogP contribution is 2.31. The number of nitrogens with zero attached hydrogens (tertiary/aromatic N) is 3. The highest BCUT2D eigenvalue weighted by molar-refractivity contribution is 7.89. The Bertz CT molecular complexity index is 923. The fourth-order valence-electron chi connectivity index (χ4n) is 4.36. The largest absolute Gasteiger partial charge is 0.497 e. The van der Waals surface area contributed by atoms with Crippen LogP contribution in [0.15, 0.2) is 34.2 Å². The van der Waals surface area contributed by atoms with Crippen molar-refractivity contribution in [2.24, 2.45) is 22.6 Å². The number of amides is 1. The first kappa shape index (κ1) is 22.6. The topological polar surface area (TPSA) is 105 Å². The van der Waals surface area contributed by atoms with E-state index in [1.165, 1.54) is 17.5 Å². The third-order valence-electron chi connectivity index (χ3n) is 5.84. The maximum Gasteiger partial charge on any atom is 0.257 e. The number of aliphatic imine (C=N–C) groups is 1. The Labute approximate surface area is 179 Å². The fourth-order valence-corrected chi connectivity index (χ4v) is 5.87. The van der Waals surface area contributed by atoms with Gasteiger partial charge in [0.05, 0.1) is 12.0 Å². The van der Waals surface area contributed by atoms with Crippen LogP contribution >= 0.6 is 0 Å². The Kier molecular flexibility index (Phi) is 6.43. The van der Waals surface area contributed by atoms with Gasteiger partial charge in [-0.1, -0.05) is 19.9 Å². The number of hydrogen-bond donors (Lipinski definition) is 1. The molecule has 0 aromatic heterocycles. The number of hydrogen-bond acceptors (Lipinski definition) is 6. The van der Waals surface area contributed by atoms with Gasteiger partial charge in [0.2, 0.25) is 10.0 Å². The molecular formula is C21H32N4O4S. The first-order valence-electron chi connectivity index (χ1n) is 10.4. The van der Waals surface area contributed by atoms with Crippen molar-refractivity contribution >= 4 is 21.9 Å². The highest BCUT2D eigenvalue weighted by Gasteiger charge is 2.45. The van der Waals surface area contributed by atoms with Crippen molar-refractivity contribution in [2.45, 2.75) is 50.5 Å². The normalized spacial score (nSPS) is 23.8. The van der Waals surface area contributed by atoms with Crippen LogP contribution < -0.4 is 10.5 Å². The molecule has 3 rings (SSSR count). The monoisotopic (exact) mass is 436 g/mol. The molecule has 0 saturated carbocycles. The predicted octanol–water partition coefficient (Wildman–Crippen LogP) is 2.06. The Morgan fingerprint density at radius 1 is 1.30 bits per heavy atom. The second-order valence-corrected chi connectivity index (χ2v) is 10.7. The van der Waals surface area contributed by atoms with E-state index in [4.69, 9.17) is 10.5 Å². The summed E-state index contributed by atoms with van der Waals surface area (Å²) in [5.41, 5.74) is 5.28. The van der Waals surface area contributed by atoms with Gasteiger partial charge in [0.25, 0.3) is 5.91 Å². The summed E-state index contributed by atoms with van der Waals surface area (Å²) in [6.45, 7) is 7.26. The number of benzene rings is 1. The van der Waals surface area contributed by atoms with E-state index in [9.17, 15) is 13.2 Å². The first-order chi connectivity index (χ1) is 14.1. The predicted molar refractivity (Wildman–Crippen MR) is 116 cm³/mol. The molecule has 0 bridgehead atoms. The fraction of sp³-hybridized carbons (Fsp3) is 0.619. The molecule has 1 amide bonds. The third-order valence-corrected chi connectivity index (χ3v) is 7.74. The summed E-state index contributed by atoms with van der Waals surface area (Å²) < 4.78 is 32.6. The molecule has 1 atom stereocenters. The minimum atomic E-state index is -3.57. The van der Waals surface area contributed by atoms with Crippen LogP contribution in [0, 0.1) is 11.8 Å². The molecule has 166 valence electrons. The number of methoxy groups -OCH3 is 1. The van der Waals surface area contributed by atoms with Crippen LogP contribution in [0.3, 0.4) is 0 Å². The van der Waals surface area contributed by atoms with Crippen molar-refractivity contribution in [2.75, 3.05) is 26.7 Å². The molecule has 0 spiro atoms. The van der Waals surface area contributed by atoms with Crippen molar-refractivity contribution in [3.05, 3.63) is 24.3 Å². The molecule has 1 aromatic rings. The number of sulfonamides is 1. The van der Waals surface area contributed by atoms with E-state index in [0.717, 1.165) is 0 Å². The van der Waals surface area contributed by atoms with Crippen molar-refractivity contribution < 1.29 is 17.9 Å². The van der Waals surface area contributed by atoms with E-state index in [1.807, 2.05) is 6.92 Å². The van der Waals surface area contributed by atoms with Crippen molar-refractivity contribution in [3.63, 3.8) is 0 Å².